The number of nitrogens with one attached hydrogen (secondary N) is 2. The van der Waals surface area contributed by atoms with E-state index in [9.17, 15) is 0 Å². The molecule has 16 heavy (non-hydrogen) atoms. The molecule has 0 heterocycles. The summed E-state index contributed by atoms with van der Waals surface area (Å²) >= 11 is 5.41. The highest BCUT2D eigenvalue weighted by Gasteiger charge is 2.06. The molecule has 2 N–H and O–H groups in total. The minimum atomic E-state index is 0.0405. The van der Waals surface area contributed by atoms with Gasteiger partial charge in [0.25, 0.3) is 0 Å². The molecule has 1 aromatic carbocycles. The van der Waals surface area contributed by atoms with Crippen molar-refractivity contribution in [1.29, 1.82) is 5.41 Å². The quantitative estimate of drug-likeness (QED) is 0.731. The molecule has 0 saturated heterocycles. The fraction of sp³-hybridized carbons (Fsp3) is 0.308. The van der Waals surface area contributed by atoms with Gasteiger partial charge in [-0.25, -0.2) is 0 Å². The zero-order valence-electron chi connectivity index (χ0n) is 9.41. The summed E-state index contributed by atoms with van der Waals surface area (Å²) in [7, 11) is 0. The largest absolute Gasteiger partial charge is 0.382 e. The summed E-state index contributed by atoms with van der Waals surface area (Å²) in [5.41, 5.74) is 3.38. The third-order valence-electron chi connectivity index (χ3n) is 2.46. The van der Waals surface area contributed by atoms with Crippen molar-refractivity contribution in [2.75, 3.05) is 0 Å². The van der Waals surface area contributed by atoms with Crippen LogP contribution in [0.5, 0.6) is 0 Å². The van der Waals surface area contributed by atoms with E-state index in [2.05, 4.69) is 17.4 Å². The Kier molecular flexibility index (Phi) is 5.65. The average molecular weight is 237 g/mol. The van der Waals surface area contributed by atoms with Crippen molar-refractivity contribution in [3.05, 3.63) is 47.6 Å². The van der Waals surface area contributed by atoms with E-state index in [4.69, 9.17) is 17.0 Å². The molecule has 1 unspecified atom stereocenters. The van der Waals surface area contributed by atoms with Gasteiger partial charge in [0.05, 0.1) is 6.04 Å². The number of benzene rings is 1. The molecule has 0 aliphatic carbocycles. The Labute approximate surface area is 102 Å². The fourth-order valence-corrected chi connectivity index (χ4v) is 1.49. The van der Waals surface area contributed by atoms with Gasteiger partial charge in [0.2, 0.25) is 0 Å². The lowest BCUT2D eigenvalue weighted by Gasteiger charge is -2.13. The zero-order chi connectivity index (χ0) is 11.8. The third kappa shape index (κ3) is 4.49. The number of hydrogen-bond acceptors (Lipinski definition) is 2. The first-order valence-corrected chi connectivity index (χ1v) is 5.80. The Balaban J connectivity index is 2.35. The van der Waals surface area contributed by atoms with Crippen molar-refractivity contribution < 1.29 is 0 Å². The van der Waals surface area contributed by atoms with Crippen molar-refractivity contribution in [3.8, 4) is 0 Å². The highest BCUT2D eigenvalue weighted by atomic mass is 35.5. The normalized spacial score (nSPS) is 12.6. The fourth-order valence-electron chi connectivity index (χ4n) is 1.42. The standard InChI is InChI=1S/C13H17ClN2/c1-11(16-10-9-14)13(15)8-7-12-5-3-2-4-6-12/h2-6,9-11,15-16H,7-8H2,1H3. The minimum Gasteiger partial charge on any atom is -0.382 e. The van der Waals surface area contributed by atoms with Crippen molar-refractivity contribution in [2.45, 2.75) is 25.8 Å². The molecule has 0 fully saturated rings. The van der Waals surface area contributed by atoms with Gasteiger partial charge in [-0.15, -0.1) is 0 Å². The van der Waals surface area contributed by atoms with Crippen LogP contribution in [0.1, 0.15) is 18.9 Å². The van der Waals surface area contributed by atoms with Crippen LogP contribution in [-0.2, 0) is 6.42 Å². The Hall–Kier alpha value is -1.28. The van der Waals surface area contributed by atoms with Gasteiger partial charge >= 0.3 is 0 Å². The third-order valence-corrected chi connectivity index (χ3v) is 2.58. The Morgan fingerprint density at radius 3 is 2.75 bits per heavy atom. The summed E-state index contributed by atoms with van der Waals surface area (Å²) in [6.07, 6.45) is 3.34. The van der Waals surface area contributed by atoms with Gasteiger partial charge in [-0.1, -0.05) is 41.9 Å². The first-order chi connectivity index (χ1) is 7.74. The van der Waals surface area contributed by atoms with E-state index in [-0.39, 0.29) is 6.04 Å². The van der Waals surface area contributed by atoms with Crippen LogP contribution >= 0.6 is 11.6 Å². The van der Waals surface area contributed by atoms with Crippen molar-refractivity contribution in [1.82, 2.24) is 5.32 Å². The van der Waals surface area contributed by atoms with Gasteiger partial charge in [0.1, 0.15) is 0 Å². The van der Waals surface area contributed by atoms with Crippen LogP contribution in [0.25, 0.3) is 0 Å². The second-order valence-electron chi connectivity index (χ2n) is 3.69. The maximum absolute atomic E-state index is 7.88. The molecule has 86 valence electrons. The van der Waals surface area contributed by atoms with E-state index < -0.39 is 0 Å². The predicted octanol–water partition coefficient (Wildman–Crippen LogP) is 3.33. The van der Waals surface area contributed by atoms with Crippen LogP contribution in [0.4, 0.5) is 0 Å². The number of halogens is 1. The molecule has 0 bridgehead atoms. The highest BCUT2D eigenvalue weighted by molar-refractivity contribution is 6.25. The van der Waals surface area contributed by atoms with E-state index in [0.29, 0.717) is 5.71 Å². The maximum Gasteiger partial charge on any atom is 0.0605 e. The molecular formula is C13H17ClN2. The minimum absolute atomic E-state index is 0.0405. The van der Waals surface area contributed by atoms with E-state index in [1.807, 2.05) is 25.1 Å². The maximum atomic E-state index is 7.88. The molecule has 0 saturated carbocycles. The second kappa shape index (κ2) is 7.07. The molecule has 1 rings (SSSR count). The van der Waals surface area contributed by atoms with Gasteiger partial charge in [-0.3, -0.25) is 0 Å². The summed E-state index contributed by atoms with van der Waals surface area (Å²) < 4.78 is 0. The molecular weight excluding hydrogens is 220 g/mol. The van der Waals surface area contributed by atoms with Gasteiger partial charge < -0.3 is 10.7 Å². The molecule has 0 aliphatic rings. The van der Waals surface area contributed by atoms with Gasteiger partial charge in [0, 0.05) is 17.4 Å². The summed E-state index contributed by atoms with van der Waals surface area (Å²) in [6.45, 7) is 1.96. The van der Waals surface area contributed by atoms with Crippen molar-refractivity contribution in [3.63, 3.8) is 0 Å². The predicted molar refractivity (Wildman–Crippen MR) is 70.1 cm³/mol. The molecule has 0 amide bonds. The van der Waals surface area contributed by atoms with Gasteiger partial charge in [-0.2, -0.15) is 0 Å². The lowest BCUT2D eigenvalue weighted by Crippen LogP contribution is -2.29. The average Bonchev–Trinajstić information content (AvgIpc) is 2.34. The van der Waals surface area contributed by atoms with Crippen LogP contribution in [-0.4, -0.2) is 11.8 Å². The Bertz CT molecular complexity index is 346. The summed E-state index contributed by atoms with van der Waals surface area (Å²) in [5, 5.41) is 10.9. The zero-order valence-corrected chi connectivity index (χ0v) is 10.2. The lowest BCUT2D eigenvalue weighted by atomic mass is 10.0. The van der Waals surface area contributed by atoms with E-state index >= 15 is 0 Å². The van der Waals surface area contributed by atoms with Crippen LogP contribution < -0.4 is 5.32 Å². The molecule has 0 spiro atoms. The molecule has 1 atom stereocenters. The Morgan fingerprint density at radius 1 is 1.44 bits per heavy atom. The van der Waals surface area contributed by atoms with E-state index in [1.165, 1.54) is 11.1 Å². The molecule has 2 nitrogen and oxygen atoms in total. The molecule has 1 aromatic rings. The highest BCUT2D eigenvalue weighted by Crippen LogP contribution is 2.04. The van der Waals surface area contributed by atoms with E-state index in [0.717, 1.165) is 12.8 Å². The van der Waals surface area contributed by atoms with Gasteiger partial charge in [-0.05, 0) is 25.3 Å². The van der Waals surface area contributed by atoms with Crippen molar-refractivity contribution >= 4 is 17.3 Å². The SMILES string of the molecule is CC(NC=CCl)C(=N)CCc1ccccc1. The smallest absolute Gasteiger partial charge is 0.0605 e. The van der Waals surface area contributed by atoms with Gasteiger partial charge in [0.15, 0.2) is 0 Å². The summed E-state index contributed by atoms with van der Waals surface area (Å²) in [6, 6.07) is 10.3. The number of hydrogen-bond donors (Lipinski definition) is 2. The Morgan fingerprint density at radius 2 is 2.12 bits per heavy atom. The van der Waals surface area contributed by atoms with Crippen LogP contribution in [0.15, 0.2) is 42.1 Å². The monoisotopic (exact) mass is 236 g/mol. The first kappa shape index (κ1) is 12.8. The van der Waals surface area contributed by atoms with Crippen LogP contribution in [0.2, 0.25) is 0 Å². The lowest BCUT2D eigenvalue weighted by molar-refractivity contribution is 0.777. The number of aryl methyl sites for hydroxylation is 1. The molecule has 0 aromatic heterocycles. The van der Waals surface area contributed by atoms with E-state index in [1.54, 1.807) is 6.20 Å². The van der Waals surface area contributed by atoms with Crippen molar-refractivity contribution in [2.24, 2.45) is 0 Å². The molecule has 3 heteroatoms. The topological polar surface area (TPSA) is 35.9 Å². The molecule has 0 radical (unpaired) electrons. The summed E-state index contributed by atoms with van der Waals surface area (Å²) in [4.78, 5) is 0. The summed E-state index contributed by atoms with van der Waals surface area (Å²) in [5.74, 6) is 0. The second-order valence-corrected chi connectivity index (χ2v) is 3.94. The number of rotatable bonds is 6. The van der Waals surface area contributed by atoms with Crippen LogP contribution in [0, 0.1) is 5.41 Å². The van der Waals surface area contributed by atoms with Crippen LogP contribution in [0.3, 0.4) is 0 Å². The molecule has 0 aliphatic heterocycles. The first-order valence-electron chi connectivity index (χ1n) is 5.36.